The first-order chi connectivity index (χ1) is 17.7. The lowest BCUT2D eigenvalue weighted by Gasteiger charge is -2.43. The normalized spacial score (nSPS) is 21.2. The molecule has 7 nitrogen and oxygen atoms in total. The Morgan fingerprint density at radius 2 is 1.78 bits per heavy atom. The molecule has 1 aliphatic heterocycles. The van der Waals surface area contributed by atoms with E-state index in [0.29, 0.717) is 38.4 Å². The van der Waals surface area contributed by atoms with Gasteiger partial charge in [-0.3, -0.25) is 4.79 Å². The molecule has 3 rings (SSSR count). The number of nitrogens with zero attached hydrogens (tertiary/aromatic N) is 1. The summed E-state index contributed by atoms with van der Waals surface area (Å²) in [5.41, 5.74) is 2.11. The summed E-state index contributed by atoms with van der Waals surface area (Å²) in [6, 6.07) is 6.39. The number of hydrogen-bond donors (Lipinski definition) is 4. The number of benzene rings is 1. The van der Waals surface area contributed by atoms with Crippen LogP contribution in [-0.4, -0.2) is 61.2 Å². The molecule has 1 saturated carbocycles. The molecule has 1 aliphatic carbocycles. The van der Waals surface area contributed by atoms with E-state index in [-0.39, 0.29) is 23.9 Å². The summed E-state index contributed by atoms with van der Waals surface area (Å²) in [5.74, 6) is 0.575. The summed E-state index contributed by atoms with van der Waals surface area (Å²) in [5, 5.41) is 21.7. The lowest BCUT2D eigenvalue weighted by molar-refractivity contribution is -0.119. The van der Waals surface area contributed by atoms with E-state index >= 15 is 0 Å². The van der Waals surface area contributed by atoms with E-state index in [9.17, 15) is 14.7 Å². The molecule has 37 heavy (non-hydrogen) atoms. The molecule has 2 fully saturated rings. The minimum atomic E-state index is -1.05. The van der Waals surface area contributed by atoms with E-state index in [1.807, 2.05) is 11.9 Å². The molecule has 208 valence electrons. The van der Waals surface area contributed by atoms with Gasteiger partial charge in [-0.15, -0.1) is 0 Å². The Balaban J connectivity index is 1.71. The van der Waals surface area contributed by atoms with Gasteiger partial charge in [-0.2, -0.15) is 0 Å². The number of aryl methyl sites for hydroxylation is 2. The fraction of sp³-hybridized carbons (Fsp3) is 0.733. The summed E-state index contributed by atoms with van der Waals surface area (Å²) < 4.78 is 0. The van der Waals surface area contributed by atoms with Crippen LogP contribution in [0, 0.1) is 25.7 Å². The molecular formula is C30H50N4O3. The molecule has 1 heterocycles. The zero-order valence-corrected chi connectivity index (χ0v) is 23.6. The molecule has 7 heteroatoms. The van der Waals surface area contributed by atoms with Gasteiger partial charge in [-0.05, 0) is 64.5 Å². The lowest BCUT2D eigenvalue weighted by atomic mass is 9.73. The highest BCUT2D eigenvalue weighted by Crippen LogP contribution is 2.40. The first-order valence-electron chi connectivity index (χ1n) is 14.5. The summed E-state index contributed by atoms with van der Waals surface area (Å²) >= 11 is 0. The Morgan fingerprint density at radius 3 is 2.43 bits per heavy atom. The van der Waals surface area contributed by atoms with Crippen molar-refractivity contribution < 1.29 is 14.7 Å². The Kier molecular flexibility index (Phi) is 11.3. The van der Waals surface area contributed by atoms with Crippen LogP contribution in [0.15, 0.2) is 18.2 Å². The standard InChI is InChI=1S/C30H50N4O3/c1-22-16-23(2)18-27(17-22)30(37,13-9-14-32-24(3)35)26-12-8-15-34(21-26)29(36)33-28(20-31-4)19-25-10-6-5-7-11-25/h16-18,25-26,28,31,37H,5-15,19-21H2,1-4H3,(H,32,35)(H,33,36). The van der Waals surface area contributed by atoms with E-state index in [4.69, 9.17) is 0 Å². The van der Waals surface area contributed by atoms with Gasteiger partial charge in [0, 0.05) is 45.1 Å². The maximum atomic E-state index is 13.4. The predicted octanol–water partition coefficient (Wildman–Crippen LogP) is 4.39. The molecule has 2 aliphatic rings. The summed E-state index contributed by atoms with van der Waals surface area (Å²) in [7, 11) is 1.95. The molecule has 0 aromatic heterocycles. The number of carbonyl (C=O) groups excluding carboxylic acids is 2. The van der Waals surface area contributed by atoms with Crippen LogP contribution in [0.3, 0.4) is 0 Å². The molecule has 1 aromatic rings. The smallest absolute Gasteiger partial charge is 0.317 e. The molecule has 1 aromatic carbocycles. The number of amides is 3. The molecular weight excluding hydrogens is 464 g/mol. The van der Waals surface area contributed by atoms with Crippen molar-refractivity contribution in [3.05, 3.63) is 34.9 Å². The van der Waals surface area contributed by atoms with Gasteiger partial charge in [0.1, 0.15) is 0 Å². The van der Waals surface area contributed by atoms with Crippen LogP contribution < -0.4 is 16.0 Å². The first kappa shape index (κ1) is 29.4. The zero-order chi connectivity index (χ0) is 26.8. The zero-order valence-electron chi connectivity index (χ0n) is 23.6. The van der Waals surface area contributed by atoms with Crippen molar-refractivity contribution in [3.63, 3.8) is 0 Å². The molecule has 4 N–H and O–H groups in total. The van der Waals surface area contributed by atoms with Crippen molar-refractivity contribution in [1.82, 2.24) is 20.9 Å². The van der Waals surface area contributed by atoms with E-state index in [2.05, 4.69) is 48.0 Å². The van der Waals surface area contributed by atoms with Crippen molar-refractivity contribution >= 4 is 11.9 Å². The highest BCUT2D eigenvalue weighted by molar-refractivity contribution is 5.74. The number of aliphatic hydroxyl groups is 1. The molecule has 1 saturated heterocycles. The van der Waals surface area contributed by atoms with Gasteiger partial charge in [0.15, 0.2) is 0 Å². The fourth-order valence-electron chi connectivity index (χ4n) is 6.51. The average molecular weight is 515 g/mol. The second-order valence-electron chi connectivity index (χ2n) is 11.6. The van der Waals surface area contributed by atoms with Crippen molar-refractivity contribution in [2.45, 2.75) is 96.6 Å². The molecule has 3 atom stereocenters. The van der Waals surface area contributed by atoms with Gasteiger partial charge in [0.05, 0.1) is 5.60 Å². The third kappa shape index (κ3) is 8.71. The molecule has 3 unspecified atom stereocenters. The number of nitrogens with one attached hydrogen (secondary N) is 3. The predicted molar refractivity (Wildman–Crippen MR) is 149 cm³/mol. The Hall–Kier alpha value is -2.12. The topological polar surface area (TPSA) is 93.7 Å². The molecule has 3 amide bonds. The Morgan fingerprint density at radius 1 is 1.08 bits per heavy atom. The largest absolute Gasteiger partial charge is 0.385 e. The van der Waals surface area contributed by atoms with Crippen molar-refractivity contribution in [2.75, 3.05) is 33.2 Å². The third-order valence-corrected chi connectivity index (χ3v) is 8.33. The van der Waals surface area contributed by atoms with Gasteiger partial charge in [0.25, 0.3) is 0 Å². The number of piperidine rings is 1. The number of rotatable bonds is 11. The van der Waals surface area contributed by atoms with Gasteiger partial charge in [0.2, 0.25) is 5.91 Å². The highest BCUT2D eigenvalue weighted by atomic mass is 16.3. The van der Waals surface area contributed by atoms with Gasteiger partial charge >= 0.3 is 6.03 Å². The van der Waals surface area contributed by atoms with Crippen LogP contribution in [0.2, 0.25) is 0 Å². The van der Waals surface area contributed by atoms with Crippen LogP contribution >= 0.6 is 0 Å². The number of carbonyl (C=O) groups is 2. The second-order valence-corrected chi connectivity index (χ2v) is 11.6. The summed E-state index contributed by atoms with van der Waals surface area (Å²) in [6.45, 7) is 8.19. The highest BCUT2D eigenvalue weighted by Gasteiger charge is 2.41. The van der Waals surface area contributed by atoms with Crippen LogP contribution in [-0.2, 0) is 10.4 Å². The van der Waals surface area contributed by atoms with Gasteiger partial charge < -0.3 is 26.0 Å². The van der Waals surface area contributed by atoms with Crippen molar-refractivity contribution in [2.24, 2.45) is 11.8 Å². The van der Waals surface area contributed by atoms with E-state index in [1.54, 1.807) is 0 Å². The van der Waals surface area contributed by atoms with Crippen LogP contribution in [0.5, 0.6) is 0 Å². The lowest BCUT2D eigenvalue weighted by Crippen LogP contribution is -2.54. The van der Waals surface area contributed by atoms with Crippen molar-refractivity contribution in [1.29, 1.82) is 0 Å². The van der Waals surface area contributed by atoms with Crippen LogP contribution in [0.1, 0.15) is 87.8 Å². The first-order valence-corrected chi connectivity index (χ1v) is 14.5. The maximum absolute atomic E-state index is 13.4. The van der Waals surface area contributed by atoms with Crippen molar-refractivity contribution in [3.8, 4) is 0 Å². The fourth-order valence-corrected chi connectivity index (χ4v) is 6.51. The molecule has 0 spiro atoms. The maximum Gasteiger partial charge on any atom is 0.317 e. The monoisotopic (exact) mass is 514 g/mol. The van der Waals surface area contributed by atoms with E-state index < -0.39 is 5.60 Å². The van der Waals surface area contributed by atoms with Crippen LogP contribution in [0.4, 0.5) is 4.79 Å². The molecule has 0 bridgehead atoms. The van der Waals surface area contributed by atoms with E-state index in [0.717, 1.165) is 42.5 Å². The number of likely N-dealkylation sites (tertiary alicyclic amines) is 1. The number of urea groups is 1. The number of hydrogen-bond acceptors (Lipinski definition) is 4. The van der Waals surface area contributed by atoms with Gasteiger partial charge in [-0.25, -0.2) is 4.79 Å². The SMILES string of the molecule is CNCC(CC1CCCCC1)NC(=O)N1CCCC(C(O)(CCCNC(C)=O)c2cc(C)cc(C)c2)C1. The average Bonchev–Trinajstić information content (AvgIpc) is 2.86. The number of likely N-dealkylation sites (N-methyl/N-ethyl adjacent to an activating group) is 1. The van der Waals surface area contributed by atoms with Crippen LogP contribution in [0.25, 0.3) is 0 Å². The third-order valence-electron chi connectivity index (χ3n) is 8.33. The summed E-state index contributed by atoms with van der Waals surface area (Å²) in [6.07, 6.45) is 10.5. The van der Waals surface area contributed by atoms with Gasteiger partial charge in [-0.1, -0.05) is 61.4 Å². The Labute approximate surface area is 224 Å². The second kappa shape index (κ2) is 14.1. The minimum Gasteiger partial charge on any atom is -0.385 e. The summed E-state index contributed by atoms with van der Waals surface area (Å²) in [4.78, 5) is 26.7. The van der Waals surface area contributed by atoms with E-state index in [1.165, 1.54) is 39.0 Å². The molecule has 0 radical (unpaired) electrons. The quantitative estimate of drug-likeness (QED) is 0.330. The minimum absolute atomic E-state index is 0.0122. The Bertz CT molecular complexity index is 865.